The predicted octanol–water partition coefficient (Wildman–Crippen LogP) is 3.60. The smallest absolute Gasteiger partial charge is 0.270 e. The van der Waals surface area contributed by atoms with Crippen molar-refractivity contribution in [2.45, 2.75) is 32.3 Å². The van der Waals surface area contributed by atoms with Crippen molar-refractivity contribution < 1.29 is 19.1 Å². The van der Waals surface area contributed by atoms with Gasteiger partial charge in [-0.05, 0) is 56.2 Å². The number of anilines is 1. The van der Waals surface area contributed by atoms with Gasteiger partial charge in [0.1, 0.15) is 11.5 Å². The molecule has 7 heteroatoms. The molecule has 3 rings (SSSR count). The molecule has 0 unspecified atom stereocenters. The molecule has 2 aromatic rings. The largest absolute Gasteiger partial charge is 0.497 e. The van der Waals surface area contributed by atoms with Crippen LogP contribution in [0, 0.1) is 0 Å². The van der Waals surface area contributed by atoms with Gasteiger partial charge in [-0.1, -0.05) is 23.7 Å². The number of carbonyl (C=O) groups is 2. The number of carbonyl (C=O) groups excluding carboxylic acids is 2. The summed E-state index contributed by atoms with van der Waals surface area (Å²) in [6.45, 7) is 4.22. The standard InChI is InChI=1S/C22H25ClN2O4/c1-22(2)21(27)25(18-14-16(23)6-9-19(18)29-22)13-11-20(26)24-12-10-15-4-7-17(28-3)8-5-15/h4-9,14H,10-13H2,1-3H3,(H,24,26). The molecule has 0 atom stereocenters. The highest BCUT2D eigenvalue weighted by Crippen LogP contribution is 2.39. The van der Waals surface area contributed by atoms with E-state index < -0.39 is 5.60 Å². The Balaban J connectivity index is 1.56. The lowest BCUT2D eigenvalue weighted by Gasteiger charge is -2.38. The Morgan fingerprint density at radius 1 is 1.21 bits per heavy atom. The summed E-state index contributed by atoms with van der Waals surface area (Å²) >= 11 is 6.09. The molecule has 0 aromatic heterocycles. The molecule has 0 saturated heterocycles. The van der Waals surface area contributed by atoms with E-state index in [1.807, 2.05) is 24.3 Å². The van der Waals surface area contributed by atoms with Crippen molar-refractivity contribution >= 4 is 29.1 Å². The van der Waals surface area contributed by atoms with Gasteiger partial charge in [-0.25, -0.2) is 0 Å². The minimum absolute atomic E-state index is 0.112. The van der Waals surface area contributed by atoms with Gasteiger partial charge in [-0.15, -0.1) is 0 Å². The van der Waals surface area contributed by atoms with E-state index in [4.69, 9.17) is 21.1 Å². The Morgan fingerprint density at radius 2 is 1.93 bits per heavy atom. The van der Waals surface area contributed by atoms with Crippen LogP contribution in [0.4, 0.5) is 5.69 Å². The average molecular weight is 417 g/mol. The summed E-state index contributed by atoms with van der Waals surface area (Å²) in [7, 11) is 1.63. The normalized spacial score (nSPS) is 14.8. The Hall–Kier alpha value is -2.73. The molecule has 1 N–H and O–H groups in total. The second kappa shape index (κ2) is 8.74. The van der Waals surface area contributed by atoms with E-state index in [0.717, 1.165) is 17.7 Å². The van der Waals surface area contributed by atoms with Crippen LogP contribution >= 0.6 is 11.6 Å². The molecule has 0 bridgehead atoms. The fourth-order valence-corrected chi connectivity index (χ4v) is 3.37. The van der Waals surface area contributed by atoms with E-state index in [1.54, 1.807) is 44.1 Å². The lowest BCUT2D eigenvalue weighted by atomic mass is 10.0. The number of nitrogens with zero attached hydrogens (tertiary/aromatic N) is 1. The number of nitrogens with one attached hydrogen (secondary N) is 1. The molecule has 6 nitrogen and oxygen atoms in total. The van der Waals surface area contributed by atoms with Gasteiger partial charge in [0.2, 0.25) is 5.91 Å². The van der Waals surface area contributed by atoms with Crippen molar-refractivity contribution in [2.75, 3.05) is 25.1 Å². The molecule has 1 aliphatic rings. The van der Waals surface area contributed by atoms with Crippen LogP contribution in [0.1, 0.15) is 25.8 Å². The number of halogens is 1. The summed E-state index contributed by atoms with van der Waals surface area (Å²) < 4.78 is 10.9. The highest BCUT2D eigenvalue weighted by atomic mass is 35.5. The van der Waals surface area contributed by atoms with Gasteiger partial charge in [-0.2, -0.15) is 0 Å². The van der Waals surface area contributed by atoms with E-state index in [1.165, 1.54) is 0 Å². The second-order valence-electron chi connectivity index (χ2n) is 7.38. The molecule has 0 spiro atoms. The molecule has 2 aromatic carbocycles. The fourth-order valence-electron chi connectivity index (χ4n) is 3.20. The summed E-state index contributed by atoms with van der Waals surface area (Å²) in [6.07, 6.45) is 0.911. The first kappa shape index (κ1) is 21.0. The Kier molecular flexibility index (Phi) is 6.33. The number of amides is 2. The molecule has 1 aliphatic heterocycles. The van der Waals surface area contributed by atoms with E-state index >= 15 is 0 Å². The zero-order chi connectivity index (χ0) is 21.0. The lowest BCUT2D eigenvalue weighted by molar-refractivity contribution is -0.132. The Bertz CT molecular complexity index is 896. The van der Waals surface area contributed by atoms with Crippen LogP contribution in [-0.4, -0.2) is 37.6 Å². The van der Waals surface area contributed by atoms with Crippen molar-refractivity contribution in [2.24, 2.45) is 0 Å². The highest BCUT2D eigenvalue weighted by molar-refractivity contribution is 6.31. The van der Waals surface area contributed by atoms with Crippen LogP contribution in [0.5, 0.6) is 11.5 Å². The van der Waals surface area contributed by atoms with Crippen molar-refractivity contribution in [3.63, 3.8) is 0 Å². The van der Waals surface area contributed by atoms with Crippen LogP contribution in [0.15, 0.2) is 42.5 Å². The molecule has 0 saturated carbocycles. The van der Waals surface area contributed by atoms with Crippen LogP contribution in [0.25, 0.3) is 0 Å². The van der Waals surface area contributed by atoms with E-state index in [2.05, 4.69) is 5.32 Å². The van der Waals surface area contributed by atoms with E-state index in [9.17, 15) is 9.59 Å². The quantitative estimate of drug-likeness (QED) is 0.748. The third-order valence-corrected chi connectivity index (χ3v) is 5.03. The molecule has 1 heterocycles. The molecular formula is C22H25ClN2O4. The van der Waals surface area contributed by atoms with Gasteiger partial charge in [0, 0.05) is 24.5 Å². The first-order valence-corrected chi connectivity index (χ1v) is 9.88. The number of hydrogen-bond donors (Lipinski definition) is 1. The van der Waals surface area contributed by atoms with Crippen LogP contribution in [0.3, 0.4) is 0 Å². The number of ether oxygens (including phenoxy) is 2. The van der Waals surface area contributed by atoms with Crippen molar-refractivity contribution in [3.8, 4) is 11.5 Å². The van der Waals surface area contributed by atoms with Crippen molar-refractivity contribution in [3.05, 3.63) is 53.1 Å². The summed E-state index contributed by atoms with van der Waals surface area (Å²) in [5.41, 5.74) is 0.707. The van der Waals surface area contributed by atoms with E-state index in [-0.39, 0.29) is 24.8 Å². The fraction of sp³-hybridized carbons (Fsp3) is 0.364. The molecule has 0 aliphatic carbocycles. The number of fused-ring (bicyclic) bond motifs is 1. The van der Waals surface area contributed by atoms with Crippen LogP contribution < -0.4 is 19.7 Å². The molecular weight excluding hydrogens is 392 g/mol. The third-order valence-electron chi connectivity index (χ3n) is 4.79. The van der Waals surface area contributed by atoms with Gasteiger partial charge in [0.15, 0.2) is 5.60 Å². The third kappa shape index (κ3) is 5.01. The molecule has 29 heavy (non-hydrogen) atoms. The maximum absolute atomic E-state index is 12.8. The minimum Gasteiger partial charge on any atom is -0.497 e. The number of rotatable bonds is 7. The van der Waals surface area contributed by atoms with Gasteiger partial charge in [0.25, 0.3) is 5.91 Å². The highest BCUT2D eigenvalue weighted by Gasteiger charge is 2.40. The SMILES string of the molecule is COc1ccc(CCNC(=O)CCN2C(=O)C(C)(C)Oc3ccc(Cl)cc32)cc1. The first-order valence-electron chi connectivity index (χ1n) is 9.50. The van der Waals surface area contributed by atoms with Gasteiger partial charge in [0.05, 0.1) is 12.8 Å². The zero-order valence-electron chi connectivity index (χ0n) is 16.8. The second-order valence-corrected chi connectivity index (χ2v) is 7.82. The maximum atomic E-state index is 12.8. The maximum Gasteiger partial charge on any atom is 0.270 e. The van der Waals surface area contributed by atoms with E-state index in [0.29, 0.717) is 23.0 Å². The lowest BCUT2D eigenvalue weighted by Crippen LogP contribution is -2.53. The topological polar surface area (TPSA) is 67.9 Å². The molecule has 0 radical (unpaired) electrons. The summed E-state index contributed by atoms with van der Waals surface area (Å²) in [4.78, 5) is 26.7. The minimum atomic E-state index is -0.994. The number of hydrogen-bond acceptors (Lipinski definition) is 4. The molecule has 154 valence electrons. The Morgan fingerprint density at radius 3 is 2.62 bits per heavy atom. The number of methoxy groups -OCH3 is 1. The van der Waals surface area contributed by atoms with Crippen molar-refractivity contribution in [1.29, 1.82) is 0 Å². The monoisotopic (exact) mass is 416 g/mol. The predicted molar refractivity (Wildman–Crippen MR) is 113 cm³/mol. The molecule has 2 amide bonds. The molecule has 0 fully saturated rings. The number of benzene rings is 2. The van der Waals surface area contributed by atoms with Gasteiger partial charge < -0.3 is 19.7 Å². The van der Waals surface area contributed by atoms with Crippen LogP contribution in [0.2, 0.25) is 5.02 Å². The Labute approximate surface area is 175 Å². The summed E-state index contributed by atoms with van der Waals surface area (Å²) in [6, 6.07) is 12.9. The summed E-state index contributed by atoms with van der Waals surface area (Å²) in [5.74, 6) is 1.08. The first-order chi connectivity index (χ1) is 13.8. The van der Waals surface area contributed by atoms with Crippen LogP contribution in [-0.2, 0) is 16.0 Å². The summed E-state index contributed by atoms with van der Waals surface area (Å²) in [5, 5.41) is 3.41. The van der Waals surface area contributed by atoms with Gasteiger partial charge in [-0.3, -0.25) is 9.59 Å². The zero-order valence-corrected chi connectivity index (χ0v) is 17.6. The van der Waals surface area contributed by atoms with Gasteiger partial charge >= 0.3 is 0 Å². The average Bonchev–Trinajstić information content (AvgIpc) is 2.69. The van der Waals surface area contributed by atoms with Crippen molar-refractivity contribution in [1.82, 2.24) is 5.32 Å².